The highest BCUT2D eigenvalue weighted by Crippen LogP contribution is 2.53. The van der Waals surface area contributed by atoms with Gasteiger partial charge in [-0.05, 0) is 145 Å². The number of hydrogen-bond acceptors (Lipinski definition) is 24. The molecule has 2 fully saturated rings. The number of carbonyl (C=O) groups is 4. The van der Waals surface area contributed by atoms with Gasteiger partial charge in [-0.25, -0.2) is 40.1 Å². The van der Waals surface area contributed by atoms with Gasteiger partial charge in [0.25, 0.3) is 7.52 Å². The molecule has 4 aromatic heterocycles. The average molecular weight is 1330 g/mol. The van der Waals surface area contributed by atoms with Gasteiger partial charge in [0.15, 0.2) is 22.9 Å². The first-order valence-corrected chi connectivity index (χ1v) is 33.6. The zero-order valence-corrected chi connectivity index (χ0v) is 56.9. The minimum atomic E-state index is -3.84. The molecule has 516 valence electrons. The van der Waals surface area contributed by atoms with Gasteiger partial charge in [-0.3, -0.25) is 28.3 Å². The Morgan fingerprint density at radius 1 is 0.674 bits per heavy atom. The number of anilines is 2. The highest BCUT2D eigenvalue weighted by atomic mass is 31.2. The van der Waals surface area contributed by atoms with Crippen molar-refractivity contribution in [2.75, 3.05) is 50.6 Å². The highest BCUT2D eigenvalue weighted by molar-refractivity contribution is 7.57. The maximum Gasteiger partial charge on any atom is 0.342 e. The van der Waals surface area contributed by atoms with Crippen molar-refractivity contribution >= 4 is 72.9 Å². The average Bonchev–Trinajstić information content (AvgIpc) is 1.58. The van der Waals surface area contributed by atoms with Gasteiger partial charge in [-0.1, -0.05) is 48.6 Å². The van der Waals surface area contributed by atoms with E-state index in [2.05, 4.69) is 67.8 Å². The summed E-state index contributed by atoms with van der Waals surface area (Å²) in [6.45, 7) is 30.6. The Morgan fingerprint density at radius 3 is 1.48 bits per heavy atom. The Kier molecular flexibility index (Phi) is 31.4. The molecule has 30 heteroatoms. The Bertz CT molecular complexity index is 3310. The van der Waals surface area contributed by atoms with Crippen molar-refractivity contribution in [3.63, 3.8) is 0 Å². The van der Waals surface area contributed by atoms with E-state index in [0.29, 0.717) is 85.3 Å². The number of nitriles is 1. The van der Waals surface area contributed by atoms with E-state index in [1.54, 1.807) is 123 Å². The van der Waals surface area contributed by atoms with Crippen LogP contribution in [0.5, 0.6) is 5.75 Å². The fourth-order valence-electron chi connectivity index (χ4n) is 8.40. The number of fused-ring (bicyclic) bond motifs is 2. The molecule has 7 rings (SSSR count). The normalized spacial score (nSPS) is 15.7. The first kappa shape index (κ1) is 81.4. The lowest BCUT2D eigenvalue weighted by Crippen LogP contribution is -2.48. The molecule has 0 aliphatic heterocycles. The summed E-state index contributed by atoms with van der Waals surface area (Å²) in [5.41, 5.74) is 11.0. The van der Waals surface area contributed by atoms with Crippen molar-refractivity contribution in [2.45, 2.75) is 213 Å². The molecule has 0 radical (unpaired) electrons. The number of carbonyl (C=O) groups excluding carboxylic acids is 4. The topological polar surface area (TPSA) is 384 Å². The predicted octanol–water partition coefficient (Wildman–Crippen LogP) is 10.3. The molecule has 2 aliphatic carbocycles. The number of benzene rings is 1. The van der Waals surface area contributed by atoms with Gasteiger partial charge in [0.2, 0.25) is 0 Å². The van der Waals surface area contributed by atoms with Crippen molar-refractivity contribution in [2.24, 2.45) is 16.2 Å². The number of esters is 4. The summed E-state index contributed by atoms with van der Waals surface area (Å²) in [4.78, 5) is 73.6. The monoisotopic (exact) mass is 1330 g/mol. The van der Waals surface area contributed by atoms with E-state index in [4.69, 9.17) is 54.0 Å². The quantitative estimate of drug-likeness (QED) is 0.0162. The van der Waals surface area contributed by atoms with Gasteiger partial charge < -0.3 is 63.2 Å². The zero-order valence-electron chi connectivity index (χ0n) is 55.1. The molecule has 1 aromatic carbocycles. The Morgan fingerprint density at radius 2 is 1.09 bits per heavy atom. The second-order valence-corrected chi connectivity index (χ2v) is 29.5. The number of nitrogens with two attached hydrogens (primary N) is 2. The number of hydrogen-bond donors (Lipinski definition) is 5. The van der Waals surface area contributed by atoms with Crippen LogP contribution in [0, 0.1) is 27.6 Å². The molecule has 2 saturated carbocycles. The molecule has 7 N–H and O–H groups in total. The van der Waals surface area contributed by atoms with Crippen molar-refractivity contribution in [1.29, 1.82) is 5.26 Å². The number of imidazole rings is 2. The first-order valence-electron chi connectivity index (χ1n) is 30.0. The van der Waals surface area contributed by atoms with E-state index >= 15 is 0 Å². The van der Waals surface area contributed by atoms with Crippen LogP contribution >= 0.6 is 15.0 Å². The number of nitrogens with zero attached hydrogens (tertiary/aromatic N) is 9. The third kappa shape index (κ3) is 25.7. The number of nitrogen functional groups attached to an aromatic ring is 2. The number of aromatic nitrogens is 8. The number of aliphatic hydroxyl groups excluding tert-OH is 1. The summed E-state index contributed by atoms with van der Waals surface area (Å²) in [6, 6.07) is 8.24. The van der Waals surface area contributed by atoms with E-state index in [1.165, 1.54) is 18.7 Å². The fraction of sp³-hybridized carbons (Fsp3) is 0.661. The Balaban J connectivity index is 0.000000496. The van der Waals surface area contributed by atoms with Crippen molar-refractivity contribution < 1.29 is 70.9 Å². The summed E-state index contributed by atoms with van der Waals surface area (Å²) >= 11 is 0. The van der Waals surface area contributed by atoms with Crippen molar-refractivity contribution in [3.8, 4) is 11.8 Å². The standard InChI is InChI=1S/C24H39N6O7P.C23H30N7O5P.C8H14O3.C5H12.2CH4/c1-7-34-22(32)24(8-9-24)10-11-36-38(33,29-23(5,6)21(31)37-16(2)3)15-35-17(4)12-30-14-28-18-19(25)26-13-27-20(18)30;1-15(2)34-22(31)23(4,5)29-36(32,35-18-8-6-7-17(9-18)10-24)14-33-16(3)11-30-13-28-19-20(25)26-12-27-21(19)30;1-2-11-7(10)8(3-4-8)5-6-9;1-5(2,3)4;;/h13-14,16-17H,7-12,15H2,1-6H3,(H,29,33)(H2,25,26,27);6-9,12-13,15-16H,11,14H2,1-5H3,(H,29,32)(H2,25,26,27);9H,2-6H2,1H3;1-4H3;2*1H4/t17-,38?;16-,36?;;;;/m11..../s1. The zero-order chi connectivity index (χ0) is 67.5. The van der Waals surface area contributed by atoms with Crippen LogP contribution in [-0.4, -0.2) is 143 Å². The number of ether oxygens (including phenoxy) is 6. The molecule has 2 aliphatic rings. The minimum Gasteiger partial charge on any atom is -0.466 e. The number of nitrogens with one attached hydrogen (secondary N) is 2. The molecule has 0 bridgehead atoms. The van der Waals surface area contributed by atoms with Gasteiger partial charge in [-0.15, -0.1) is 0 Å². The molecule has 4 atom stereocenters. The number of rotatable bonds is 30. The second-order valence-electron chi connectivity index (χ2n) is 25.4. The highest BCUT2D eigenvalue weighted by Gasteiger charge is 2.52. The number of aliphatic hydroxyl groups is 1. The van der Waals surface area contributed by atoms with Crippen LogP contribution < -0.4 is 26.2 Å². The lowest BCUT2D eigenvalue weighted by molar-refractivity contribution is -0.154. The molecule has 4 heterocycles. The van der Waals surface area contributed by atoms with Crippen LogP contribution in [0.4, 0.5) is 11.6 Å². The summed E-state index contributed by atoms with van der Waals surface area (Å²) in [5, 5.41) is 23.5. The lowest BCUT2D eigenvalue weighted by atomic mass is 10.0. The first-order chi connectivity index (χ1) is 42.0. The molecular formula is C62H103N13O15P2. The lowest BCUT2D eigenvalue weighted by Gasteiger charge is -2.31. The Labute approximate surface area is 542 Å². The third-order valence-corrected chi connectivity index (χ3v) is 17.1. The molecule has 0 spiro atoms. The largest absolute Gasteiger partial charge is 0.466 e. The van der Waals surface area contributed by atoms with E-state index in [1.807, 2.05) is 6.07 Å². The van der Waals surface area contributed by atoms with E-state index in [9.17, 15) is 33.6 Å². The Hall–Kier alpha value is -6.69. The van der Waals surface area contributed by atoms with Crippen LogP contribution in [0.2, 0.25) is 0 Å². The molecule has 0 amide bonds. The maximum absolute atomic E-state index is 13.9. The smallest absolute Gasteiger partial charge is 0.342 e. The van der Waals surface area contributed by atoms with Crippen LogP contribution in [0.15, 0.2) is 49.6 Å². The minimum absolute atomic E-state index is 0. The van der Waals surface area contributed by atoms with Crippen LogP contribution in [0.3, 0.4) is 0 Å². The third-order valence-electron chi connectivity index (χ3n) is 13.2. The van der Waals surface area contributed by atoms with E-state index < -0.39 is 55.7 Å². The second kappa shape index (κ2) is 35.5. The van der Waals surface area contributed by atoms with E-state index in [0.717, 1.165) is 12.8 Å². The molecular weight excluding hydrogens is 1230 g/mol. The van der Waals surface area contributed by atoms with Gasteiger partial charge in [-0.2, -0.15) is 5.26 Å². The van der Waals surface area contributed by atoms with Crippen molar-refractivity contribution in [1.82, 2.24) is 49.2 Å². The maximum atomic E-state index is 13.9. The molecule has 5 aromatic rings. The van der Waals surface area contributed by atoms with Gasteiger partial charge in [0.1, 0.15) is 53.2 Å². The van der Waals surface area contributed by atoms with Gasteiger partial charge >= 0.3 is 31.4 Å². The molecule has 2 unspecified atom stereocenters. The van der Waals surface area contributed by atoms with Gasteiger partial charge in [0, 0.05) is 6.61 Å². The molecule has 28 nitrogen and oxygen atoms in total. The molecule has 0 saturated heterocycles. The van der Waals surface area contributed by atoms with Crippen LogP contribution in [0.25, 0.3) is 22.3 Å². The summed E-state index contributed by atoms with van der Waals surface area (Å²) < 4.78 is 75.6. The van der Waals surface area contributed by atoms with Gasteiger partial charge in [0.05, 0.1) is 92.4 Å². The fourth-order valence-corrected chi connectivity index (χ4v) is 12.4. The SMILES string of the molecule is C.C.CC(C)(C)C.CC(C)OC(=O)C(C)(C)NP(=O)(CO[C@H](C)Cn1cnc2c(N)ncnc21)Oc1cccc(C#N)c1.CCOC(=O)C1(CCO)CC1.CCOC(=O)C1(CCOP(=O)(CO[C@H](C)Cn2cnc3c(N)ncnc32)NC(C)(C)C(=O)OC(C)C)CC1. The summed E-state index contributed by atoms with van der Waals surface area (Å²) in [7, 11) is -7.58. The predicted molar refractivity (Wildman–Crippen MR) is 352 cm³/mol. The van der Waals surface area contributed by atoms with Crippen molar-refractivity contribution in [3.05, 3.63) is 55.1 Å². The van der Waals surface area contributed by atoms with E-state index in [-0.39, 0.29) is 87.7 Å². The summed E-state index contributed by atoms with van der Waals surface area (Å²) in [6.07, 6.45) is 7.66. The van der Waals surface area contributed by atoms with Crippen LogP contribution in [0.1, 0.15) is 170 Å². The van der Waals surface area contributed by atoms with Crippen LogP contribution in [-0.2, 0) is 74.3 Å². The summed E-state index contributed by atoms with van der Waals surface area (Å²) in [5.74, 6) is -0.829. The molecule has 92 heavy (non-hydrogen) atoms.